The normalized spacial score (nSPS) is 15.9. The molecule has 3 aromatic rings. The van der Waals surface area contributed by atoms with Crippen molar-refractivity contribution >= 4 is 46.7 Å². The van der Waals surface area contributed by atoms with Crippen LogP contribution in [0.2, 0.25) is 0 Å². The molecule has 4 rings (SSSR count). The van der Waals surface area contributed by atoms with Crippen molar-refractivity contribution in [1.82, 2.24) is 26.0 Å². The molecule has 0 spiro atoms. The standard InChI is InChI=1S/C32H35N5O7S/c1-18-5-7-23(8-6-18)17-33-28(39)24(34-30(41)27(20(3)38)35-29(40)25-15-19(2)44-36-25)14-13-21-9-11-22(12-10-21)16-26-31(42)37(4)32(43)45-26/h5-12,15-16,20,24,27,38H,13-14,17H2,1-4H3,(H,33,39)(H,34,41)(H,35,40)/b26-16+/t20-,24+,27+/m1/s1. The summed E-state index contributed by atoms with van der Waals surface area (Å²) in [7, 11) is 1.43. The number of hydrogen-bond acceptors (Lipinski definition) is 9. The molecule has 1 fully saturated rings. The van der Waals surface area contributed by atoms with Crippen LogP contribution in [0.25, 0.3) is 6.08 Å². The van der Waals surface area contributed by atoms with E-state index in [-0.39, 0.29) is 29.8 Å². The second-order valence-corrected chi connectivity index (χ2v) is 11.8. The highest BCUT2D eigenvalue weighted by Crippen LogP contribution is 2.31. The van der Waals surface area contributed by atoms with Crippen LogP contribution in [-0.2, 0) is 27.3 Å². The number of imide groups is 1. The Morgan fingerprint density at radius 1 is 1.00 bits per heavy atom. The van der Waals surface area contributed by atoms with Gasteiger partial charge in [-0.2, -0.15) is 0 Å². The second-order valence-electron chi connectivity index (χ2n) is 10.8. The Hall–Kier alpha value is -4.75. The van der Waals surface area contributed by atoms with Crippen molar-refractivity contribution in [3.63, 3.8) is 0 Å². The smallest absolute Gasteiger partial charge is 0.293 e. The Kier molecular flexibility index (Phi) is 10.9. The molecular formula is C32H35N5O7S. The number of rotatable bonds is 12. The van der Waals surface area contributed by atoms with E-state index in [1.54, 1.807) is 25.1 Å². The maximum absolute atomic E-state index is 13.3. The van der Waals surface area contributed by atoms with Crippen molar-refractivity contribution in [3.05, 3.63) is 93.2 Å². The number of aliphatic hydroxyl groups excluding tert-OH is 1. The van der Waals surface area contributed by atoms with Gasteiger partial charge < -0.3 is 25.6 Å². The van der Waals surface area contributed by atoms with E-state index in [9.17, 15) is 29.1 Å². The summed E-state index contributed by atoms with van der Waals surface area (Å²) in [6.07, 6.45) is 0.978. The lowest BCUT2D eigenvalue weighted by atomic mass is 10.0. The van der Waals surface area contributed by atoms with Crippen LogP contribution in [-0.4, -0.2) is 69.3 Å². The van der Waals surface area contributed by atoms with E-state index >= 15 is 0 Å². The van der Waals surface area contributed by atoms with Gasteiger partial charge in [-0.25, -0.2) is 0 Å². The van der Waals surface area contributed by atoms with Gasteiger partial charge in [-0.1, -0.05) is 59.3 Å². The van der Waals surface area contributed by atoms with Gasteiger partial charge in [0.05, 0.1) is 11.0 Å². The molecule has 13 heteroatoms. The topological polar surface area (TPSA) is 171 Å². The first kappa shape index (κ1) is 33.1. The van der Waals surface area contributed by atoms with E-state index in [1.807, 2.05) is 43.3 Å². The number of hydrogen-bond donors (Lipinski definition) is 4. The third kappa shape index (κ3) is 8.89. The molecule has 12 nitrogen and oxygen atoms in total. The summed E-state index contributed by atoms with van der Waals surface area (Å²) in [4.78, 5) is 64.6. The van der Waals surface area contributed by atoms with Crippen molar-refractivity contribution in [3.8, 4) is 0 Å². The van der Waals surface area contributed by atoms with Gasteiger partial charge in [0.25, 0.3) is 17.1 Å². The highest BCUT2D eigenvalue weighted by atomic mass is 32.2. The fourth-order valence-corrected chi connectivity index (χ4v) is 5.26. The van der Waals surface area contributed by atoms with Gasteiger partial charge >= 0.3 is 0 Å². The van der Waals surface area contributed by atoms with Crippen LogP contribution in [0.5, 0.6) is 0 Å². The van der Waals surface area contributed by atoms with Crippen molar-refractivity contribution in [2.24, 2.45) is 0 Å². The van der Waals surface area contributed by atoms with Crippen LogP contribution in [0.1, 0.15) is 51.8 Å². The molecule has 1 aliphatic rings. The Labute approximate surface area is 264 Å². The van der Waals surface area contributed by atoms with Gasteiger partial charge in [0.2, 0.25) is 11.8 Å². The Bertz CT molecular complexity index is 1600. The van der Waals surface area contributed by atoms with Crippen LogP contribution in [0.3, 0.4) is 0 Å². The zero-order chi connectivity index (χ0) is 32.7. The lowest BCUT2D eigenvalue weighted by molar-refractivity contribution is -0.131. The first-order valence-electron chi connectivity index (χ1n) is 14.3. The molecule has 0 saturated carbocycles. The molecule has 0 unspecified atom stereocenters. The van der Waals surface area contributed by atoms with Gasteiger partial charge in [0, 0.05) is 19.7 Å². The number of benzene rings is 2. The number of nitrogens with one attached hydrogen (secondary N) is 3. The van der Waals surface area contributed by atoms with E-state index in [0.29, 0.717) is 17.1 Å². The first-order valence-corrected chi connectivity index (χ1v) is 15.1. The van der Waals surface area contributed by atoms with E-state index in [2.05, 4.69) is 21.1 Å². The van der Waals surface area contributed by atoms with E-state index < -0.39 is 35.9 Å². The fraction of sp³-hybridized carbons (Fsp3) is 0.312. The molecular weight excluding hydrogens is 598 g/mol. The average Bonchev–Trinajstić information content (AvgIpc) is 3.56. The number of likely N-dealkylation sites (N-methyl/N-ethyl adjacent to an activating group) is 1. The summed E-state index contributed by atoms with van der Waals surface area (Å²) < 4.78 is 4.92. The largest absolute Gasteiger partial charge is 0.391 e. The summed E-state index contributed by atoms with van der Waals surface area (Å²) in [5, 5.41) is 21.6. The number of aliphatic hydroxyl groups is 1. The Morgan fingerprint density at radius 3 is 2.24 bits per heavy atom. The maximum atomic E-state index is 13.3. The fourth-order valence-electron chi connectivity index (χ4n) is 4.43. The third-order valence-electron chi connectivity index (χ3n) is 7.12. The zero-order valence-corrected chi connectivity index (χ0v) is 26.1. The summed E-state index contributed by atoms with van der Waals surface area (Å²) in [5.41, 5.74) is 3.51. The molecule has 1 saturated heterocycles. The van der Waals surface area contributed by atoms with Gasteiger partial charge in [0.15, 0.2) is 5.69 Å². The predicted octanol–water partition coefficient (Wildman–Crippen LogP) is 2.87. The van der Waals surface area contributed by atoms with Gasteiger partial charge in [-0.3, -0.25) is 28.9 Å². The number of carbonyl (C=O) groups excluding carboxylic acids is 5. The van der Waals surface area contributed by atoms with E-state index in [1.165, 1.54) is 20.0 Å². The molecule has 2 aromatic carbocycles. The molecule has 4 N–H and O–H groups in total. The lowest BCUT2D eigenvalue weighted by Gasteiger charge is -2.24. The summed E-state index contributed by atoms with van der Waals surface area (Å²) in [6.45, 7) is 5.17. The molecule has 236 valence electrons. The zero-order valence-electron chi connectivity index (χ0n) is 25.3. The number of nitrogens with zero attached hydrogens (tertiary/aromatic N) is 2. The third-order valence-corrected chi connectivity index (χ3v) is 8.08. The Balaban J connectivity index is 1.45. The van der Waals surface area contributed by atoms with Crippen LogP contribution in [0, 0.1) is 13.8 Å². The minimum absolute atomic E-state index is 0.0491. The number of carbonyl (C=O) groups is 5. The van der Waals surface area contributed by atoms with Crippen LogP contribution < -0.4 is 16.0 Å². The molecule has 45 heavy (non-hydrogen) atoms. The van der Waals surface area contributed by atoms with E-state index in [0.717, 1.165) is 38.9 Å². The number of thioether (sulfide) groups is 1. The molecule has 0 aliphatic carbocycles. The quantitative estimate of drug-likeness (QED) is 0.219. The monoisotopic (exact) mass is 633 g/mol. The first-order chi connectivity index (χ1) is 21.4. The summed E-state index contributed by atoms with van der Waals surface area (Å²) in [5.74, 6) is -1.83. The lowest BCUT2D eigenvalue weighted by Crippen LogP contribution is -2.57. The molecule has 0 bridgehead atoms. The highest BCUT2D eigenvalue weighted by molar-refractivity contribution is 8.18. The van der Waals surface area contributed by atoms with E-state index in [4.69, 9.17) is 4.52 Å². The van der Waals surface area contributed by atoms with Gasteiger partial charge in [-0.15, -0.1) is 0 Å². The number of aryl methyl sites for hydroxylation is 3. The van der Waals surface area contributed by atoms with Crippen molar-refractivity contribution in [2.45, 2.75) is 58.3 Å². The van der Waals surface area contributed by atoms with Crippen LogP contribution in [0.15, 0.2) is 64.0 Å². The van der Waals surface area contributed by atoms with Crippen molar-refractivity contribution in [2.75, 3.05) is 7.05 Å². The minimum Gasteiger partial charge on any atom is -0.391 e. The average molecular weight is 634 g/mol. The van der Waals surface area contributed by atoms with Crippen LogP contribution >= 0.6 is 11.8 Å². The molecule has 5 amide bonds. The molecule has 1 aromatic heterocycles. The summed E-state index contributed by atoms with van der Waals surface area (Å²) >= 11 is 0.877. The van der Waals surface area contributed by atoms with Crippen molar-refractivity contribution in [1.29, 1.82) is 0 Å². The summed E-state index contributed by atoms with van der Waals surface area (Å²) in [6, 6.07) is 14.0. The van der Waals surface area contributed by atoms with Gasteiger partial charge in [0.1, 0.15) is 17.8 Å². The Morgan fingerprint density at radius 2 is 1.67 bits per heavy atom. The van der Waals surface area contributed by atoms with Gasteiger partial charge in [-0.05, 0) is 68.1 Å². The molecule has 0 radical (unpaired) electrons. The highest BCUT2D eigenvalue weighted by Gasteiger charge is 2.32. The molecule has 3 atom stereocenters. The predicted molar refractivity (Wildman–Crippen MR) is 168 cm³/mol. The SMILES string of the molecule is Cc1ccc(CNC(=O)[C@H](CCc2ccc(/C=C3/SC(=O)N(C)C3=O)cc2)NC(=O)[C@@H](NC(=O)c2cc(C)on2)[C@@H](C)O)cc1. The maximum Gasteiger partial charge on any atom is 0.293 e. The number of amides is 5. The van der Waals surface area contributed by atoms with Crippen molar-refractivity contribution < 1.29 is 33.6 Å². The minimum atomic E-state index is -1.36. The second kappa shape index (κ2) is 14.8. The number of aromatic nitrogens is 1. The van der Waals surface area contributed by atoms with Crippen LogP contribution in [0.4, 0.5) is 4.79 Å². The molecule has 1 aliphatic heterocycles. The molecule has 2 heterocycles.